The third kappa shape index (κ3) is 2.57. The molecule has 4 nitrogen and oxygen atoms in total. The van der Waals surface area contributed by atoms with Crippen LogP contribution in [0.4, 0.5) is 5.69 Å². The first-order valence-electron chi connectivity index (χ1n) is 8.01. The summed E-state index contributed by atoms with van der Waals surface area (Å²) in [5.74, 6) is -0.0430. The zero-order valence-electron chi connectivity index (χ0n) is 13.3. The molecular weight excluding hydrogens is 318 g/mol. The van der Waals surface area contributed by atoms with Crippen LogP contribution in [0.5, 0.6) is 0 Å². The van der Waals surface area contributed by atoms with Gasteiger partial charge in [0.15, 0.2) is 0 Å². The molecule has 0 fully saturated rings. The van der Waals surface area contributed by atoms with Gasteiger partial charge < -0.3 is 5.32 Å². The number of fused-ring (bicyclic) bond motifs is 2. The lowest BCUT2D eigenvalue weighted by Crippen LogP contribution is -2.12. The van der Waals surface area contributed by atoms with Gasteiger partial charge in [0.25, 0.3) is 5.91 Å². The van der Waals surface area contributed by atoms with Gasteiger partial charge in [-0.2, -0.15) is 5.10 Å². The summed E-state index contributed by atoms with van der Waals surface area (Å²) in [5, 5.41) is 12.2. The van der Waals surface area contributed by atoms with E-state index in [1.165, 1.54) is 5.39 Å². The fourth-order valence-electron chi connectivity index (χ4n) is 2.98. The van der Waals surface area contributed by atoms with Crippen LogP contribution < -0.4 is 5.32 Å². The predicted octanol–water partition coefficient (Wildman–Crippen LogP) is 4.98. The number of aromatic amines is 1. The van der Waals surface area contributed by atoms with Crippen LogP contribution >= 0.6 is 11.3 Å². The molecule has 0 aliphatic carbocycles. The maximum absolute atomic E-state index is 12.8. The number of rotatable bonds is 4. The number of aryl methyl sites for hydroxylation is 1. The van der Waals surface area contributed by atoms with Crippen LogP contribution in [-0.2, 0) is 6.42 Å². The molecular formula is C19H17N3OS. The van der Waals surface area contributed by atoms with Crippen molar-refractivity contribution in [1.29, 1.82) is 0 Å². The van der Waals surface area contributed by atoms with E-state index in [1.54, 1.807) is 17.5 Å². The third-order valence-corrected chi connectivity index (χ3v) is 5.32. The Hall–Kier alpha value is -2.66. The summed E-state index contributed by atoms with van der Waals surface area (Å²) in [6, 6.07) is 14.0. The maximum atomic E-state index is 12.8. The second kappa shape index (κ2) is 6.09. The van der Waals surface area contributed by atoms with Gasteiger partial charge >= 0.3 is 0 Å². The number of aromatic nitrogens is 2. The van der Waals surface area contributed by atoms with E-state index in [0.717, 1.165) is 44.6 Å². The minimum Gasteiger partial charge on any atom is -0.321 e. The summed E-state index contributed by atoms with van der Waals surface area (Å²) in [7, 11) is 0. The highest BCUT2D eigenvalue weighted by atomic mass is 32.1. The highest BCUT2D eigenvalue weighted by Gasteiger charge is 2.18. The quantitative estimate of drug-likeness (QED) is 0.552. The molecule has 1 amide bonds. The van der Waals surface area contributed by atoms with Crippen LogP contribution in [0, 0.1) is 0 Å². The summed E-state index contributed by atoms with van der Waals surface area (Å²) in [6.45, 7) is 2.14. The molecule has 5 heteroatoms. The zero-order valence-corrected chi connectivity index (χ0v) is 14.1. The number of hydrogen-bond donors (Lipinski definition) is 2. The molecule has 0 saturated carbocycles. The fourth-order valence-corrected chi connectivity index (χ4v) is 4.13. The Morgan fingerprint density at radius 1 is 1.25 bits per heavy atom. The molecule has 2 N–H and O–H groups in total. The highest BCUT2D eigenvalue weighted by Crippen LogP contribution is 2.33. The van der Waals surface area contributed by atoms with Gasteiger partial charge in [-0.25, -0.2) is 0 Å². The van der Waals surface area contributed by atoms with Gasteiger partial charge in [0.2, 0.25) is 0 Å². The monoisotopic (exact) mass is 335 g/mol. The number of nitrogens with zero attached hydrogens (tertiary/aromatic N) is 1. The van der Waals surface area contributed by atoms with Crippen LogP contribution in [0.2, 0.25) is 0 Å². The second-order valence-corrected chi connectivity index (χ2v) is 6.83. The average Bonchev–Trinajstić information content (AvgIpc) is 3.20. The first-order chi connectivity index (χ1) is 11.8. The number of carbonyl (C=O) groups excluding carboxylic acids is 1. The van der Waals surface area contributed by atoms with Gasteiger partial charge in [-0.05, 0) is 41.6 Å². The molecule has 2 aromatic heterocycles. The van der Waals surface area contributed by atoms with Crippen molar-refractivity contribution < 1.29 is 4.79 Å². The lowest BCUT2D eigenvalue weighted by atomic mass is 10.1. The summed E-state index contributed by atoms with van der Waals surface area (Å²) in [6.07, 6.45) is 3.69. The molecule has 2 heterocycles. The number of benzene rings is 2. The van der Waals surface area contributed by atoms with Crippen LogP contribution in [0.3, 0.4) is 0 Å². The van der Waals surface area contributed by atoms with Crippen LogP contribution in [-0.4, -0.2) is 16.1 Å². The van der Waals surface area contributed by atoms with Crippen molar-refractivity contribution in [2.24, 2.45) is 0 Å². The van der Waals surface area contributed by atoms with Crippen LogP contribution in [0.1, 0.15) is 28.6 Å². The summed E-state index contributed by atoms with van der Waals surface area (Å²) in [5.41, 5.74) is 2.84. The number of nitrogens with one attached hydrogen (secondary N) is 2. The molecule has 24 heavy (non-hydrogen) atoms. The second-order valence-electron chi connectivity index (χ2n) is 5.78. The van der Waals surface area contributed by atoms with Gasteiger partial charge in [0.05, 0.1) is 16.6 Å². The molecule has 4 aromatic rings. The number of amides is 1. The Balaban J connectivity index is 1.70. The SMILES string of the molecule is CCCc1c(C(=O)Nc2ccc3cn[nH]c3c2)sc2ccccc12. The lowest BCUT2D eigenvalue weighted by Gasteiger charge is -2.06. The normalized spacial score (nSPS) is 11.2. The Bertz CT molecular complexity index is 1030. The lowest BCUT2D eigenvalue weighted by molar-refractivity contribution is 0.103. The molecule has 0 unspecified atom stereocenters. The van der Waals surface area contributed by atoms with Gasteiger partial charge in [-0.3, -0.25) is 9.89 Å². The van der Waals surface area contributed by atoms with Gasteiger partial charge in [0, 0.05) is 15.8 Å². The van der Waals surface area contributed by atoms with E-state index in [2.05, 4.69) is 34.6 Å². The third-order valence-electron chi connectivity index (χ3n) is 4.10. The molecule has 0 saturated heterocycles. The van der Waals surface area contributed by atoms with E-state index >= 15 is 0 Å². The minimum absolute atomic E-state index is 0.0430. The van der Waals surface area contributed by atoms with Crippen molar-refractivity contribution >= 4 is 43.9 Å². The van der Waals surface area contributed by atoms with Crippen molar-refractivity contribution in [1.82, 2.24) is 10.2 Å². The molecule has 120 valence electrons. The maximum Gasteiger partial charge on any atom is 0.266 e. The van der Waals surface area contributed by atoms with Crippen molar-refractivity contribution in [2.45, 2.75) is 19.8 Å². The van der Waals surface area contributed by atoms with Crippen molar-refractivity contribution in [2.75, 3.05) is 5.32 Å². The van der Waals surface area contributed by atoms with E-state index in [0.29, 0.717) is 0 Å². The largest absolute Gasteiger partial charge is 0.321 e. The Morgan fingerprint density at radius 2 is 2.12 bits per heavy atom. The first-order valence-corrected chi connectivity index (χ1v) is 8.83. The van der Waals surface area contributed by atoms with Crippen molar-refractivity contribution in [3.63, 3.8) is 0 Å². The summed E-state index contributed by atoms with van der Waals surface area (Å²) in [4.78, 5) is 13.6. The number of thiophene rings is 1. The first kappa shape index (κ1) is 14.9. The van der Waals surface area contributed by atoms with Crippen LogP contribution in [0.15, 0.2) is 48.7 Å². The molecule has 0 spiro atoms. The van der Waals surface area contributed by atoms with E-state index in [-0.39, 0.29) is 5.91 Å². The smallest absolute Gasteiger partial charge is 0.266 e. The molecule has 0 atom stereocenters. The topological polar surface area (TPSA) is 57.8 Å². The molecule has 0 aliphatic heterocycles. The number of hydrogen-bond acceptors (Lipinski definition) is 3. The van der Waals surface area contributed by atoms with Crippen molar-refractivity contribution in [3.8, 4) is 0 Å². The summed E-state index contributed by atoms with van der Waals surface area (Å²) >= 11 is 1.56. The van der Waals surface area contributed by atoms with E-state index in [9.17, 15) is 4.79 Å². The van der Waals surface area contributed by atoms with E-state index < -0.39 is 0 Å². The van der Waals surface area contributed by atoms with Crippen LogP contribution in [0.25, 0.3) is 21.0 Å². The zero-order chi connectivity index (χ0) is 16.5. The Labute approximate surface area is 143 Å². The number of carbonyl (C=O) groups is 1. The average molecular weight is 335 g/mol. The Morgan fingerprint density at radius 3 is 3.00 bits per heavy atom. The fraction of sp³-hybridized carbons (Fsp3) is 0.158. The minimum atomic E-state index is -0.0430. The number of anilines is 1. The Kier molecular flexibility index (Phi) is 3.78. The van der Waals surface area contributed by atoms with Gasteiger partial charge in [0.1, 0.15) is 0 Å². The van der Waals surface area contributed by atoms with E-state index in [4.69, 9.17) is 0 Å². The molecule has 0 aliphatic rings. The summed E-state index contributed by atoms with van der Waals surface area (Å²) < 4.78 is 1.16. The van der Waals surface area contributed by atoms with Crippen molar-refractivity contribution in [3.05, 3.63) is 59.1 Å². The number of H-pyrrole nitrogens is 1. The molecule has 0 bridgehead atoms. The van der Waals surface area contributed by atoms with E-state index in [1.807, 2.05) is 30.3 Å². The molecule has 0 radical (unpaired) electrons. The standard InChI is InChI=1S/C19H17N3OS/c1-2-5-15-14-6-3-4-7-17(14)24-18(15)19(23)21-13-9-8-12-11-20-22-16(12)10-13/h3-4,6-11H,2,5H2,1H3,(H,20,22)(H,21,23). The molecule has 2 aromatic carbocycles. The molecule has 4 rings (SSSR count). The van der Waals surface area contributed by atoms with Gasteiger partial charge in [-0.15, -0.1) is 11.3 Å². The predicted molar refractivity (Wildman–Crippen MR) is 99.9 cm³/mol. The van der Waals surface area contributed by atoms with Gasteiger partial charge in [-0.1, -0.05) is 31.5 Å². The highest BCUT2D eigenvalue weighted by molar-refractivity contribution is 7.21.